The Morgan fingerprint density at radius 1 is 1.22 bits per heavy atom. The number of nitrogens with one attached hydrogen (secondary N) is 2. The van der Waals surface area contributed by atoms with Crippen LogP contribution in [0.4, 0.5) is 5.69 Å². The van der Waals surface area contributed by atoms with Gasteiger partial charge in [-0.15, -0.1) is 0 Å². The summed E-state index contributed by atoms with van der Waals surface area (Å²) >= 11 is 16.7. The van der Waals surface area contributed by atoms with E-state index in [2.05, 4.69) is 10.6 Å². The molecule has 120 valence electrons. The first-order valence-electron chi connectivity index (χ1n) is 6.35. The smallest absolute Gasteiger partial charge is 0.261 e. The van der Waals surface area contributed by atoms with E-state index in [9.17, 15) is 9.90 Å². The van der Waals surface area contributed by atoms with E-state index in [0.717, 1.165) is 0 Å². The van der Waals surface area contributed by atoms with Gasteiger partial charge in [-0.2, -0.15) is 0 Å². The minimum atomic E-state index is -0.420. The molecule has 0 unspecified atom stereocenters. The Bertz CT molecular complexity index is 745. The number of rotatable bonds is 3. The first-order chi connectivity index (χ1) is 10.9. The predicted molar refractivity (Wildman–Crippen MR) is 94.8 cm³/mol. The molecule has 0 fully saturated rings. The number of hydrogen-bond acceptors (Lipinski definition) is 4. The van der Waals surface area contributed by atoms with Crippen molar-refractivity contribution in [2.75, 3.05) is 12.4 Å². The zero-order valence-corrected chi connectivity index (χ0v) is 14.2. The number of halogens is 2. The lowest BCUT2D eigenvalue weighted by atomic mass is 10.2. The van der Waals surface area contributed by atoms with Crippen molar-refractivity contribution in [1.82, 2.24) is 5.32 Å². The number of methoxy groups -OCH3 is 1. The van der Waals surface area contributed by atoms with Gasteiger partial charge < -0.3 is 15.2 Å². The number of thiocarbonyl (C=S) groups is 1. The van der Waals surface area contributed by atoms with Gasteiger partial charge in [0.2, 0.25) is 0 Å². The van der Waals surface area contributed by atoms with E-state index in [1.54, 1.807) is 24.3 Å². The summed E-state index contributed by atoms with van der Waals surface area (Å²) in [5, 5.41) is 15.0. The van der Waals surface area contributed by atoms with Crippen molar-refractivity contribution in [3.8, 4) is 11.5 Å². The number of para-hydroxylation sites is 1. The zero-order chi connectivity index (χ0) is 17.0. The second kappa shape index (κ2) is 7.50. The Labute approximate surface area is 148 Å². The monoisotopic (exact) mass is 370 g/mol. The minimum absolute atomic E-state index is 0.0544. The molecule has 0 aromatic heterocycles. The largest absolute Gasteiger partial charge is 0.505 e. The number of phenols is 1. The molecule has 2 aromatic carbocycles. The fourth-order valence-corrected chi connectivity index (χ4v) is 2.50. The summed E-state index contributed by atoms with van der Waals surface area (Å²) in [4.78, 5) is 12.2. The van der Waals surface area contributed by atoms with Crippen molar-refractivity contribution in [1.29, 1.82) is 0 Å². The molecule has 0 saturated heterocycles. The van der Waals surface area contributed by atoms with Crippen LogP contribution in [0.2, 0.25) is 10.0 Å². The van der Waals surface area contributed by atoms with Crippen LogP contribution in [0.5, 0.6) is 11.5 Å². The zero-order valence-electron chi connectivity index (χ0n) is 11.9. The Morgan fingerprint density at radius 3 is 2.43 bits per heavy atom. The molecule has 0 atom stereocenters. The number of hydrogen-bond donors (Lipinski definition) is 3. The lowest BCUT2D eigenvalue weighted by molar-refractivity contribution is 0.0975. The third-order valence-corrected chi connectivity index (χ3v) is 3.63. The molecule has 3 N–H and O–H groups in total. The fourth-order valence-electron chi connectivity index (χ4n) is 1.80. The Balaban J connectivity index is 2.09. The Kier molecular flexibility index (Phi) is 5.65. The minimum Gasteiger partial charge on any atom is -0.505 e. The highest BCUT2D eigenvalue weighted by atomic mass is 35.5. The van der Waals surface area contributed by atoms with E-state index < -0.39 is 5.91 Å². The molecule has 0 saturated carbocycles. The normalized spacial score (nSPS) is 10.0. The first-order valence-corrected chi connectivity index (χ1v) is 7.52. The molecule has 0 aliphatic carbocycles. The summed E-state index contributed by atoms with van der Waals surface area (Å²) in [6.07, 6.45) is 0. The van der Waals surface area contributed by atoms with Gasteiger partial charge >= 0.3 is 0 Å². The molecule has 1 amide bonds. The summed E-state index contributed by atoms with van der Waals surface area (Å²) in [6.45, 7) is 0. The second-order valence-electron chi connectivity index (χ2n) is 4.40. The van der Waals surface area contributed by atoms with Crippen LogP contribution < -0.4 is 15.4 Å². The van der Waals surface area contributed by atoms with Crippen LogP contribution in [0.15, 0.2) is 36.4 Å². The van der Waals surface area contributed by atoms with Crippen LogP contribution in [0.3, 0.4) is 0 Å². The molecule has 2 aromatic rings. The highest BCUT2D eigenvalue weighted by molar-refractivity contribution is 7.80. The van der Waals surface area contributed by atoms with Gasteiger partial charge in [0.25, 0.3) is 5.91 Å². The molecule has 0 aliphatic rings. The molecule has 5 nitrogen and oxygen atoms in total. The maximum atomic E-state index is 12.2. The molecular formula is C15H12Cl2N2O3S. The summed E-state index contributed by atoms with van der Waals surface area (Å²) < 4.78 is 5.12. The van der Waals surface area contributed by atoms with E-state index in [4.69, 9.17) is 40.2 Å². The van der Waals surface area contributed by atoms with E-state index in [1.165, 1.54) is 19.2 Å². The quantitative estimate of drug-likeness (QED) is 0.565. The number of amides is 1. The van der Waals surface area contributed by atoms with Crippen LogP contribution in [-0.2, 0) is 0 Å². The molecule has 8 heteroatoms. The summed E-state index contributed by atoms with van der Waals surface area (Å²) in [6, 6.07) is 9.63. The van der Waals surface area contributed by atoms with Crippen LogP contribution in [0.1, 0.15) is 10.4 Å². The highest BCUT2D eigenvalue weighted by Gasteiger charge is 2.13. The van der Waals surface area contributed by atoms with E-state index >= 15 is 0 Å². The standard InChI is InChI=1S/C15H12Cl2N2O3S/c1-22-12-5-3-2-4-9(12)14(21)19-15(23)18-8-6-10(16)13(20)11(17)7-8/h2-7,20H,1H3,(H2,18,19,21,23). The lowest BCUT2D eigenvalue weighted by Gasteiger charge is -2.12. The second-order valence-corrected chi connectivity index (χ2v) is 5.62. The van der Waals surface area contributed by atoms with Crippen molar-refractivity contribution in [3.63, 3.8) is 0 Å². The average Bonchev–Trinajstić information content (AvgIpc) is 2.52. The van der Waals surface area contributed by atoms with Gasteiger partial charge in [0.1, 0.15) is 5.75 Å². The summed E-state index contributed by atoms with van der Waals surface area (Å²) in [7, 11) is 1.48. The van der Waals surface area contributed by atoms with Crippen molar-refractivity contribution < 1.29 is 14.6 Å². The number of phenolic OH excluding ortho intramolecular Hbond substituents is 1. The van der Waals surface area contributed by atoms with Crippen LogP contribution in [0.25, 0.3) is 0 Å². The van der Waals surface area contributed by atoms with Gasteiger partial charge in [0.05, 0.1) is 22.7 Å². The number of ether oxygens (including phenoxy) is 1. The number of carbonyl (C=O) groups is 1. The molecule has 23 heavy (non-hydrogen) atoms. The van der Waals surface area contributed by atoms with Gasteiger partial charge in [-0.05, 0) is 36.5 Å². The van der Waals surface area contributed by atoms with E-state index in [-0.39, 0.29) is 20.9 Å². The van der Waals surface area contributed by atoms with Crippen LogP contribution in [0, 0.1) is 0 Å². The number of anilines is 1. The van der Waals surface area contributed by atoms with Crippen LogP contribution in [-0.4, -0.2) is 23.2 Å². The summed E-state index contributed by atoms with van der Waals surface area (Å²) in [5.74, 6) is -0.206. The van der Waals surface area contributed by atoms with Crippen molar-refractivity contribution in [2.24, 2.45) is 0 Å². The molecular weight excluding hydrogens is 359 g/mol. The first kappa shape index (κ1) is 17.3. The maximum absolute atomic E-state index is 12.2. The number of carbonyl (C=O) groups excluding carboxylic acids is 1. The maximum Gasteiger partial charge on any atom is 0.261 e. The topological polar surface area (TPSA) is 70.6 Å². The van der Waals surface area contributed by atoms with Crippen molar-refractivity contribution in [3.05, 3.63) is 52.0 Å². The van der Waals surface area contributed by atoms with Gasteiger partial charge in [0, 0.05) is 5.69 Å². The number of benzene rings is 2. The molecule has 0 bridgehead atoms. The van der Waals surface area contributed by atoms with Gasteiger partial charge in [-0.3, -0.25) is 10.1 Å². The van der Waals surface area contributed by atoms with Gasteiger partial charge in [-0.25, -0.2) is 0 Å². The average molecular weight is 371 g/mol. The molecule has 0 heterocycles. The molecule has 0 aliphatic heterocycles. The Morgan fingerprint density at radius 2 is 1.83 bits per heavy atom. The van der Waals surface area contributed by atoms with Crippen LogP contribution >= 0.6 is 35.4 Å². The third kappa shape index (κ3) is 4.25. The van der Waals surface area contributed by atoms with E-state index in [1.807, 2.05) is 0 Å². The predicted octanol–water partition coefficient (Wildman–Crippen LogP) is 3.83. The SMILES string of the molecule is COc1ccccc1C(=O)NC(=S)Nc1cc(Cl)c(O)c(Cl)c1. The third-order valence-electron chi connectivity index (χ3n) is 2.85. The Hall–Kier alpha value is -2.02. The fraction of sp³-hybridized carbons (Fsp3) is 0.0667. The van der Waals surface area contributed by atoms with Gasteiger partial charge in [-0.1, -0.05) is 35.3 Å². The van der Waals surface area contributed by atoms with Crippen molar-refractivity contribution in [2.45, 2.75) is 0 Å². The highest BCUT2D eigenvalue weighted by Crippen LogP contribution is 2.34. The van der Waals surface area contributed by atoms with E-state index in [0.29, 0.717) is 17.0 Å². The van der Waals surface area contributed by atoms with Gasteiger partial charge in [0.15, 0.2) is 10.9 Å². The molecule has 0 spiro atoms. The molecule has 2 rings (SSSR count). The number of aromatic hydroxyl groups is 1. The summed E-state index contributed by atoms with van der Waals surface area (Å²) in [5.41, 5.74) is 0.782. The van der Waals surface area contributed by atoms with Crippen molar-refractivity contribution >= 4 is 52.1 Å². The lowest BCUT2D eigenvalue weighted by Crippen LogP contribution is -2.34. The molecule has 0 radical (unpaired) electrons.